The molecule has 4 rings (SSSR count). The predicted octanol–water partition coefficient (Wildman–Crippen LogP) is 5.18. The molecule has 0 aliphatic carbocycles. The van der Waals surface area contributed by atoms with E-state index >= 15 is 0 Å². The van der Waals surface area contributed by atoms with Crippen molar-refractivity contribution in [2.75, 3.05) is 53.4 Å². The van der Waals surface area contributed by atoms with Crippen LogP contribution in [0.4, 0.5) is 0 Å². The van der Waals surface area contributed by atoms with Crippen molar-refractivity contribution in [2.45, 2.75) is 36.1 Å². The number of sulfonamides is 2. The maximum absolute atomic E-state index is 14.0. The van der Waals surface area contributed by atoms with Gasteiger partial charge < -0.3 is 9.64 Å². The van der Waals surface area contributed by atoms with Crippen LogP contribution in [0.2, 0.25) is 0 Å². The molecule has 3 aromatic rings. The molecule has 1 aliphatic rings. The van der Waals surface area contributed by atoms with Gasteiger partial charge in [-0.3, -0.25) is 4.90 Å². The van der Waals surface area contributed by atoms with Crippen LogP contribution in [0.25, 0.3) is 0 Å². The van der Waals surface area contributed by atoms with E-state index in [4.69, 9.17) is 17.0 Å². The van der Waals surface area contributed by atoms with E-state index in [1.807, 2.05) is 25.1 Å². The molecule has 1 aliphatic heterocycles. The van der Waals surface area contributed by atoms with E-state index in [0.29, 0.717) is 43.8 Å². The molecule has 0 spiro atoms. The lowest BCUT2D eigenvalue weighted by Crippen LogP contribution is -2.41. The van der Waals surface area contributed by atoms with E-state index < -0.39 is 20.0 Å². The van der Waals surface area contributed by atoms with Gasteiger partial charge in [0.1, 0.15) is 5.75 Å². The third-order valence-electron chi connectivity index (χ3n) is 7.50. The summed E-state index contributed by atoms with van der Waals surface area (Å²) in [6, 6.07) is 23.0. The van der Waals surface area contributed by atoms with Crippen LogP contribution in [-0.2, 0) is 26.6 Å². The van der Waals surface area contributed by atoms with Crippen LogP contribution in [0.1, 0.15) is 24.0 Å². The highest BCUT2D eigenvalue weighted by Gasteiger charge is 2.29. The van der Waals surface area contributed by atoms with Gasteiger partial charge in [0, 0.05) is 46.8 Å². The number of benzene rings is 3. The van der Waals surface area contributed by atoms with Crippen molar-refractivity contribution in [3.63, 3.8) is 0 Å². The summed E-state index contributed by atoms with van der Waals surface area (Å²) in [6.45, 7) is 8.57. The summed E-state index contributed by atoms with van der Waals surface area (Å²) >= 11 is 5.19. The van der Waals surface area contributed by atoms with Crippen molar-refractivity contribution in [2.24, 2.45) is 0 Å². The molecule has 1 fully saturated rings. The van der Waals surface area contributed by atoms with E-state index in [2.05, 4.69) is 23.6 Å². The third-order valence-corrected chi connectivity index (χ3v) is 11.7. The van der Waals surface area contributed by atoms with Crippen molar-refractivity contribution >= 4 is 49.8 Å². The Morgan fingerprint density at radius 1 is 0.783 bits per heavy atom. The minimum Gasteiger partial charge on any atom is -0.432 e. The van der Waals surface area contributed by atoms with Crippen molar-refractivity contribution in [1.29, 1.82) is 0 Å². The Morgan fingerprint density at radius 3 is 1.74 bits per heavy atom. The molecule has 0 N–H and O–H groups in total. The number of thiocarbonyl (C=S) groups is 1. The number of rotatable bonds is 7. The van der Waals surface area contributed by atoms with Crippen LogP contribution in [0.5, 0.6) is 5.75 Å². The van der Waals surface area contributed by atoms with Gasteiger partial charge in [0.2, 0.25) is 20.0 Å². The summed E-state index contributed by atoms with van der Waals surface area (Å²) in [5.41, 5.74) is 2.60. The highest BCUT2D eigenvalue weighted by Crippen LogP contribution is 2.24. The number of aryl methyl sites for hydroxylation is 1. The van der Waals surface area contributed by atoms with Gasteiger partial charge in [0.05, 0.1) is 9.79 Å². The zero-order chi connectivity index (χ0) is 32.6. The molecule has 0 radical (unpaired) electrons. The second-order valence-corrected chi connectivity index (χ2v) is 15.7. The molecule has 3 aromatic carbocycles. The Balaban J connectivity index is 0.00000576. The van der Waals surface area contributed by atoms with Gasteiger partial charge in [0.25, 0.3) is 5.17 Å². The number of ether oxygens (including phenoxy) is 1. The molecule has 46 heavy (non-hydrogen) atoms. The summed E-state index contributed by atoms with van der Waals surface area (Å²) in [5.74, 6) is 0.430. The first-order valence-electron chi connectivity index (χ1n) is 14.9. The minimum absolute atomic E-state index is 0. The SMILES string of the molecule is C=C1CN(S(=O)(=O)c2ccc(C)cc2)CCCN(Cc2ccccc2)CCCN(S(=O)(=O)c2ccc(OC(=S)N(C)C)cc2)C1.Cl. The summed E-state index contributed by atoms with van der Waals surface area (Å²) in [6.07, 6.45) is 1.22. The molecule has 1 heterocycles. The van der Waals surface area contributed by atoms with Gasteiger partial charge in [-0.2, -0.15) is 8.61 Å². The van der Waals surface area contributed by atoms with Gasteiger partial charge >= 0.3 is 0 Å². The number of hydrogen-bond donors (Lipinski definition) is 0. The molecule has 0 atom stereocenters. The molecule has 0 saturated carbocycles. The van der Waals surface area contributed by atoms with Crippen molar-refractivity contribution in [1.82, 2.24) is 18.4 Å². The quantitative estimate of drug-likeness (QED) is 0.246. The van der Waals surface area contributed by atoms with Crippen LogP contribution in [0.3, 0.4) is 0 Å². The van der Waals surface area contributed by atoms with Crippen molar-refractivity contribution in [3.8, 4) is 5.75 Å². The molecule has 13 heteroatoms. The van der Waals surface area contributed by atoms with Gasteiger partial charge in [-0.05, 0) is 92.6 Å². The van der Waals surface area contributed by atoms with Crippen molar-refractivity contribution in [3.05, 3.63) is 102 Å². The van der Waals surface area contributed by atoms with Gasteiger partial charge in [-0.15, -0.1) is 12.4 Å². The average Bonchev–Trinajstić information content (AvgIpc) is 3.00. The number of halogens is 1. The lowest BCUT2D eigenvalue weighted by molar-refractivity contribution is 0.238. The summed E-state index contributed by atoms with van der Waals surface area (Å²) < 4.78 is 64.0. The topological polar surface area (TPSA) is 90.5 Å². The molecule has 0 bridgehead atoms. The van der Waals surface area contributed by atoms with Gasteiger partial charge in [-0.25, -0.2) is 16.8 Å². The first-order chi connectivity index (χ1) is 21.4. The Hall–Kier alpha value is -2.84. The highest BCUT2D eigenvalue weighted by molar-refractivity contribution is 7.89. The monoisotopic (exact) mass is 706 g/mol. The zero-order valence-corrected chi connectivity index (χ0v) is 29.8. The molecule has 0 unspecified atom stereocenters. The Morgan fingerprint density at radius 2 is 1.26 bits per heavy atom. The second kappa shape index (κ2) is 16.8. The van der Waals surface area contributed by atoms with E-state index in [0.717, 1.165) is 11.1 Å². The maximum atomic E-state index is 14.0. The predicted molar refractivity (Wildman–Crippen MR) is 189 cm³/mol. The van der Waals surface area contributed by atoms with E-state index in [-0.39, 0.29) is 53.6 Å². The van der Waals surface area contributed by atoms with Crippen LogP contribution in [-0.4, -0.2) is 93.8 Å². The molecule has 250 valence electrons. The van der Waals surface area contributed by atoms with Crippen LogP contribution in [0, 0.1) is 6.92 Å². The largest absolute Gasteiger partial charge is 0.432 e. The molecule has 0 amide bonds. The van der Waals surface area contributed by atoms with E-state index in [9.17, 15) is 16.8 Å². The smallest absolute Gasteiger partial charge is 0.264 e. The molecule has 9 nitrogen and oxygen atoms in total. The maximum Gasteiger partial charge on any atom is 0.264 e. The Labute approximate surface area is 286 Å². The van der Waals surface area contributed by atoms with Crippen LogP contribution < -0.4 is 4.74 Å². The average molecular weight is 707 g/mol. The fraction of sp³-hybridized carbons (Fsp3) is 0.364. The summed E-state index contributed by atoms with van der Waals surface area (Å²) in [7, 11) is -4.26. The zero-order valence-electron chi connectivity index (χ0n) is 26.5. The van der Waals surface area contributed by atoms with Gasteiger partial charge in [0.15, 0.2) is 0 Å². The van der Waals surface area contributed by atoms with Crippen LogP contribution >= 0.6 is 24.6 Å². The first kappa shape index (κ1) is 37.6. The standard InChI is InChI=1S/C33H42N4O5S3.ClH/c1-27-12-16-31(17-13-27)44(38,39)36-22-8-20-35(26-29-10-6-5-7-11-29)21-9-23-37(25-28(2)24-36)45(40,41)32-18-14-30(15-19-32)42-33(43)34(3)4;/h5-7,10-19H,2,8-9,20-26H2,1,3-4H3;1H. The fourth-order valence-electron chi connectivity index (χ4n) is 5.05. The summed E-state index contributed by atoms with van der Waals surface area (Å²) in [4.78, 5) is 4.21. The summed E-state index contributed by atoms with van der Waals surface area (Å²) in [5, 5.41) is 0.259. The number of nitrogens with zero attached hydrogens (tertiary/aromatic N) is 4. The number of hydrogen-bond acceptors (Lipinski definition) is 7. The first-order valence-corrected chi connectivity index (χ1v) is 18.1. The fourth-order valence-corrected chi connectivity index (χ4v) is 8.15. The van der Waals surface area contributed by atoms with Crippen molar-refractivity contribution < 1.29 is 21.6 Å². The molecular weight excluding hydrogens is 664 g/mol. The molecular formula is C33H43ClN4O5S3. The Bertz CT molecular complexity index is 1670. The molecule has 1 saturated heterocycles. The highest BCUT2D eigenvalue weighted by atomic mass is 35.5. The second-order valence-electron chi connectivity index (χ2n) is 11.4. The Kier molecular flexibility index (Phi) is 13.8. The van der Waals surface area contributed by atoms with E-state index in [1.165, 1.54) is 20.7 Å². The van der Waals surface area contributed by atoms with E-state index in [1.54, 1.807) is 55.4 Å². The van der Waals surface area contributed by atoms with Crippen LogP contribution in [0.15, 0.2) is 101 Å². The lowest BCUT2D eigenvalue weighted by atomic mass is 10.2. The molecule has 0 aromatic heterocycles. The normalized spacial score (nSPS) is 16.5. The minimum atomic E-state index is -3.94. The van der Waals surface area contributed by atoms with Gasteiger partial charge in [-0.1, -0.05) is 54.6 Å². The third kappa shape index (κ3) is 10.1. The lowest BCUT2D eigenvalue weighted by Gasteiger charge is -2.30.